The van der Waals surface area contributed by atoms with Crippen LogP contribution in [0.2, 0.25) is 0 Å². The Kier molecular flexibility index (Phi) is 10.7. The van der Waals surface area contributed by atoms with Crippen molar-refractivity contribution in [2.45, 2.75) is 54.9 Å². The predicted molar refractivity (Wildman–Crippen MR) is 141 cm³/mol. The molecule has 1 amide bonds. The molecular formula is C25H37N7O2S. The molecule has 1 aliphatic heterocycles. The van der Waals surface area contributed by atoms with Crippen LogP contribution in [0.25, 0.3) is 0 Å². The van der Waals surface area contributed by atoms with Gasteiger partial charge in [-0.1, -0.05) is 30.3 Å². The van der Waals surface area contributed by atoms with Gasteiger partial charge in [0, 0.05) is 48.7 Å². The van der Waals surface area contributed by atoms with Gasteiger partial charge in [-0.15, -0.1) is 0 Å². The quantitative estimate of drug-likeness (QED) is 0.142. The van der Waals surface area contributed by atoms with Gasteiger partial charge >= 0.3 is 0 Å². The molecule has 1 aliphatic rings. The van der Waals surface area contributed by atoms with Gasteiger partial charge < -0.3 is 33.0 Å². The van der Waals surface area contributed by atoms with E-state index in [-0.39, 0.29) is 30.5 Å². The first-order chi connectivity index (χ1) is 16.9. The average Bonchev–Trinajstić information content (AvgIpc) is 2.84. The average molecular weight is 500 g/mol. The molecule has 0 aromatic heterocycles. The molecule has 1 heterocycles. The lowest BCUT2D eigenvalue weighted by Crippen LogP contribution is -2.54. The maximum absolute atomic E-state index is 12.3. The minimum absolute atomic E-state index is 0.122. The zero-order chi connectivity index (χ0) is 25.2. The van der Waals surface area contributed by atoms with Gasteiger partial charge in [0.25, 0.3) is 0 Å². The number of aldehydes is 1. The van der Waals surface area contributed by atoms with Gasteiger partial charge in [-0.3, -0.25) is 14.4 Å². The lowest BCUT2D eigenvalue weighted by Gasteiger charge is -2.38. The number of nitrogens with two attached hydrogens (primary N) is 4. The highest BCUT2D eigenvalue weighted by Crippen LogP contribution is 2.23. The van der Waals surface area contributed by atoms with E-state index in [0.717, 1.165) is 48.2 Å². The molecule has 9 nitrogen and oxygen atoms in total. The molecule has 0 aliphatic carbocycles. The lowest BCUT2D eigenvalue weighted by atomic mass is 9.96. The van der Waals surface area contributed by atoms with E-state index in [9.17, 15) is 9.59 Å². The van der Waals surface area contributed by atoms with E-state index in [1.54, 1.807) is 0 Å². The molecule has 0 radical (unpaired) electrons. The lowest BCUT2D eigenvalue weighted by molar-refractivity contribution is -0.116. The number of piperidine rings is 1. The molecule has 0 saturated carbocycles. The molecule has 10 N–H and O–H groups in total. The van der Waals surface area contributed by atoms with Crippen molar-refractivity contribution < 1.29 is 9.59 Å². The fraction of sp³-hybridized carbons (Fsp3) is 0.440. The van der Waals surface area contributed by atoms with E-state index in [4.69, 9.17) is 22.9 Å². The third kappa shape index (κ3) is 8.39. The van der Waals surface area contributed by atoms with Crippen LogP contribution in [-0.2, 0) is 16.0 Å². The van der Waals surface area contributed by atoms with Gasteiger partial charge in [-0.05, 0) is 60.5 Å². The smallest absolute Gasteiger partial charge is 0.225 e. The Labute approximate surface area is 211 Å². The summed E-state index contributed by atoms with van der Waals surface area (Å²) in [6.45, 7) is 1.86. The normalized spacial score (nSPS) is 16.7. The van der Waals surface area contributed by atoms with Crippen molar-refractivity contribution in [3.05, 3.63) is 59.7 Å². The van der Waals surface area contributed by atoms with E-state index in [0.29, 0.717) is 18.7 Å². The number of likely N-dealkylation sites (tertiary alicyclic amines) is 1. The van der Waals surface area contributed by atoms with Crippen molar-refractivity contribution >= 4 is 29.8 Å². The Hall–Kier alpha value is -2.31. The number of rotatable bonds is 12. The number of hydrogen-bond donors (Lipinski definition) is 6. The van der Waals surface area contributed by atoms with E-state index in [2.05, 4.69) is 14.9 Å². The Morgan fingerprint density at radius 1 is 1.14 bits per heavy atom. The number of nitrogens with one attached hydrogen (secondary N) is 2. The fourth-order valence-corrected chi connectivity index (χ4v) is 5.04. The van der Waals surface area contributed by atoms with Crippen LogP contribution in [0, 0.1) is 0 Å². The van der Waals surface area contributed by atoms with Gasteiger partial charge in [0.15, 0.2) is 0 Å². The summed E-state index contributed by atoms with van der Waals surface area (Å²) < 4.78 is 3.52. The summed E-state index contributed by atoms with van der Waals surface area (Å²) in [5.74, 6) is -0.122. The van der Waals surface area contributed by atoms with Crippen LogP contribution < -0.4 is 33.0 Å². The third-order valence-electron chi connectivity index (χ3n) is 6.16. The summed E-state index contributed by atoms with van der Waals surface area (Å²) in [7, 11) is 0. The highest BCUT2D eigenvalue weighted by Gasteiger charge is 2.30. The highest BCUT2D eigenvalue weighted by atomic mass is 32.2. The van der Waals surface area contributed by atoms with Gasteiger partial charge in [0.2, 0.25) is 5.91 Å². The van der Waals surface area contributed by atoms with Crippen LogP contribution in [0.4, 0.5) is 5.69 Å². The number of amides is 1. The molecule has 1 saturated heterocycles. The van der Waals surface area contributed by atoms with E-state index in [1.165, 1.54) is 11.9 Å². The largest absolute Gasteiger partial charge is 0.330 e. The Bertz CT molecular complexity index is 966. The van der Waals surface area contributed by atoms with Crippen LogP contribution in [0.1, 0.15) is 36.6 Å². The van der Waals surface area contributed by atoms with Crippen LogP contribution in [0.3, 0.4) is 0 Å². The van der Waals surface area contributed by atoms with Crippen molar-refractivity contribution in [2.75, 3.05) is 25.0 Å². The topological polar surface area (TPSA) is 166 Å². The molecule has 2 aromatic rings. The number of nitrogens with zero attached hydrogens (tertiary/aromatic N) is 1. The SMILES string of the molecule is NCCC(=O)Nc1cccc(SNC(Cc2cccc(C(N)N)c2)C(C=O)N2CCC(N)CC2)c1. The number of hydrogen-bond acceptors (Lipinski definition) is 9. The van der Waals surface area contributed by atoms with E-state index >= 15 is 0 Å². The molecule has 10 heteroatoms. The van der Waals surface area contributed by atoms with Gasteiger partial charge in [-0.25, -0.2) is 0 Å². The van der Waals surface area contributed by atoms with Crippen molar-refractivity contribution in [3.8, 4) is 0 Å². The summed E-state index contributed by atoms with van der Waals surface area (Å²) in [5, 5.41) is 2.86. The second-order valence-corrected chi connectivity index (χ2v) is 9.83. The van der Waals surface area contributed by atoms with Crippen molar-refractivity contribution in [2.24, 2.45) is 22.9 Å². The molecule has 190 valence electrons. The minimum Gasteiger partial charge on any atom is -0.330 e. The first-order valence-electron chi connectivity index (χ1n) is 12.0. The maximum atomic E-state index is 12.3. The molecule has 2 atom stereocenters. The van der Waals surface area contributed by atoms with Gasteiger partial charge in [0.1, 0.15) is 6.29 Å². The number of carbonyl (C=O) groups is 2. The summed E-state index contributed by atoms with van der Waals surface area (Å²) in [6.07, 6.45) is 3.09. The summed E-state index contributed by atoms with van der Waals surface area (Å²) >= 11 is 1.44. The van der Waals surface area contributed by atoms with Crippen LogP contribution >= 0.6 is 11.9 Å². The van der Waals surface area contributed by atoms with E-state index < -0.39 is 6.17 Å². The molecule has 0 bridgehead atoms. The standard InChI is InChI=1S/C25H37N7O2S/c26-10-7-24(34)30-20-5-2-6-21(15-20)35-31-22(14-17-3-1-4-18(13-17)25(28)29)23(16-33)32-11-8-19(27)9-12-32/h1-6,13,15-16,19,22-23,25,31H,7-12,14,26-29H2,(H,30,34). The zero-order valence-electron chi connectivity index (χ0n) is 19.9. The minimum atomic E-state index is -0.557. The molecule has 3 rings (SSSR count). The number of carbonyl (C=O) groups excluding carboxylic acids is 2. The second-order valence-electron chi connectivity index (χ2n) is 8.92. The molecule has 35 heavy (non-hydrogen) atoms. The first kappa shape index (κ1) is 27.3. The highest BCUT2D eigenvalue weighted by molar-refractivity contribution is 7.97. The monoisotopic (exact) mass is 499 g/mol. The third-order valence-corrected chi connectivity index (χ3v) is 7.07. The summed E-state index contributed by atoms with van der Waals surface area (Å²) in [4.78, 5) is 27.4. The van der Waals surface area contributed by atoms with Crippen LogP contribution in [-0.4, -0.2) is 54.9 Å². The first-order valence-corrected chi connectivity index (χ1v) is 12.8. The molecule has 1 fully saturated rings. The maximum Gasteiger partial charge on any atom is 0.225 e. The van der Waals surface area contributed by atoms with Crippen LogP contribution in [0.15, 0.2) is 53.4 Å². The molecular weight excluding hydrogens is 462 g/mol. The molecule has 2 aromatic carbocycles. The van der Waals surface area contributed by atoms with Crippen molar-refractivity contribution in [3.63, 3.8) is 0 Å². The zero-order valence-corrected chi connectivity index (χ0v) is 20.8. The predicted octanol–water partition coefficient (Wildman–Crippen LogP) is 1.09. The Morgan fingerprint density at radius 3 is 2.57 bits per heavy atom. The fourth-order valence-electron chi connectivity index (χ4n) is 4.20. The number of anilines is 1. The Morgan fingerprint density at radius 2 is 1.89 bits per heavy atom. The number of benzene rings is 2. The Balaban J connectivity index is 1.77. The van der Waals surface area contributed by atoms with Crippen LogP contribution in [0.5, 0.6) is 0 Å². The molecule has 2 unspecified atom stereocenters. The molecule has 0 spiro atoms. The van der Waals surface area contributed by atoms with Gasteiger partial charge in [0.05, 0.1) is 12.2 Å². The van der Waals surface area contributed by atoms with Crippen molar-refractivity contribution in [1.29, 1.82) is 0 Å². The summed E-state index contributed by atoms with van der Waals surface area (Å²) in [5.41, 5.74) is 25.9. The van der Waals surface area contributed by atoms with E-state index in [1.807, 2.05) is 48.5 Å². The van der Waals surface area contributed by atoms with Gasteiger partial charge in [-0.2, -0.15) is 0 Å². The summed E-state index contributed by atoms with van der Waals surface area (Å²) in [6, 6.07) is 15.1. The second kappa shape index (κ2) is 13.7. The van der Waals surface area contributed by atoms with Crippen molar-refractivity contribution in [1.82, 2.24) is 9.62 Å².